The van der Waals surface area contributed by atoms with Crippen LogP contribution in [0.4, 0.5) is 0 Å². The molecular formula is C17H14BrCl2N3O. The van der Waals surface area contributed by atoms with E-state index in [2.05, 4.69) is 5.10 Å². The van der Waals surface area contributed by atoms with Crippen molar-refractivity contribution in [3.8, 4) is 0 Å². The number of aromatic nitrogens is 3. The Balaban J connectivity index is 0.00000208. The lowest BCUT2D eigenvalue weighted by atomic mass is 10.1. The molecule has 0 fully saturated rings. The molecule has 0 spiro atoms. The SMILES string of the molecule is O=C(C[n+]1cnn(Cc2ccccc2)c1)c1ccc(Cl)cc1Cl.[Br-]. The van der Waals surface area contributed by atoms with Crippen molar-refractivity contribution in [3.63, 3.8) is 0 Å². The molecule has 0 unspecified atom stereocenters. The fourth-order valence-corrected chi connectivity index (χ4v) is 2.78. The number of carbonyl (C=O) groups excluding carboxylic acids is 1. The second kappa shape index (κ2) is 8.42. The Bertz CT molecular complexity index is 837. The van der Waals surface area contributed by atoms with Crippen LogP contribution in [0.1, 0.15) is 15.9 Å². The first-order valence-corrected chi connectivity index (χ1v) is 7.81. The summed E-state index contributed by atoms with van der Waals surface area (Å²) < 4.78 is 3.52. The maximum atomic E-state index is 12.3. The van der Waals surface area contributed by atoms with Crippen molar-refractivity contribution in [1.29, 1.82) is 0 Å². The van der Waals surface area contributed by atoms with E-state index in [0.29, 0.717) is 22.2 Å². The Kier molecular flexibility index (Phi) is 6.54. The van der Waals surface area contributed by atoms with E-state index in [9.17, 15) is 4.79 Å². The Morgan fingerprint density at radius 2 is 1.88 bits per heavy atom. The number of ketones is 1. The lowest BCUT2D eigenvalue weighted by Crippen LogP contribution is -3.00. The van der Waals surface area contributed by atoms with E-state index in [1.54, 1.807) is 40.1 Å². The van der Waals surface area contributed by atoms with Gasteiger partial charge in [-0.05, 0) is 23.8 Å². The molecule has 4 nitrogen and oxygen atoms in total. The normalized spacial score (nSPS) is 10.2. The highest BCUT2D eigenvalue weighted by Gasteiger charge is 2.15. The van der Waals surface area contributed by atoms with Gasteiger partial charge in [0.2, 0.25) is 6.33 Å². The minimum absolute atomic E-state index is 0. The number of carbonyl (C=O) groups is 1. The molecule has 7 heteroatoms. The summed E-state index contributed by atoms with van der Waals surface area (Å²) in [7, 11) is 0. The highest BCUT2D eigenvalue weighted by atomic mass is 79.9. The van der Waals surface area contributed by atoms with Crippen molar-refractivity contribution in [1.82, 2.24) is 9.78 Å². The minimum Gasteiger partial charge on any atom is -1.00 e. The molecule has 2 aromatic carbocycles. The quantitative estimate of drug-likeness (QED) is 0.438. The first kappa shape index (κ1) is 18.6. The molecule has 3 aromatic rings. The van der Waals surface area contributed by atoms with Crippen LogP contribution in [0.2, 0.25) is 10.0 Å². The number of halogens is 3. The van der Waals surface area contributed by atoms with Crippen molar-refractivity contribution >= 4 is 29.0 Å². The van der Waals surface area contributed by atoms with E-state index in [0.717, 1.165) is 5.56 Å². The number of rotatable bonds is 5. The average molecular weight is 427 g/mol. The van der Waals surface area contributed by atoms with Gasteiger partial charge in [0.25, 0.3) is 6.33 Å². The predicted octanol–water partition coefficient (Wildman–Crippen LogP) is 0.413. The number of Topliss-reactive ketones (excluding diaryl/α,β-unsaturated/α-hetero) is 1. The molecule has 0 atom stereocenters. The number of hydrogen-bond donors (Lipinski definition) is 0. The van der Waals surface area contributed by atoms with Gasteiger partial charge >= 0.3 is 0 Å². The van der Waals surface area contributed by atoms with Crippen LogP contribution in [-0.4, -0.2) is 15.6 Å². The molecule has 3 rings (SSSR count). The van der Waals surface area contributed by atoms with Gasteiger partial charge in [-0.15, -0.1) is 4.68 Å². The van der Waals surface area contributed by atoms with Crippen LogP contribution < -0.4 is 21.5 Å². The molecule has 0 saturated carbocycles. The van der Waals surface area contributed by atoms with E-state index in [1.165, 1.54) is 0 Å². The fraction of sp³-hybridized carbons (Fsp3) is 0.118. The van der Waals surface area contributed by atoms with E-state index in [1.807, 2.05) is 30.3 Å². The first-order chi connectivity index (χ1) is 11.1. The van der Waals surface area contributed by atoms with Gasteiger partial charge in [0.1, 0.15) is 13.1 Å². The van der Waals surface area contributed by atoms with Crippen LogP contribution >= 0.6 is 23.2 Å². The maximum absolute atomic E-state index is 12.3. The summed E-state index contributed by atoms with van der Waals surface area (Å²) in [5.41, 5.74) is 1.61. The van der Waals surface area contributed by atoms with Crippen LogP contribution in [0.25, 0.3) is 0 Å². The zero-order valence-electron chi connectivity index (χ0n) is 12.6. The average Bonchev–Trinajstić information content (AvgIpc) is 2.95. The number of nitrogens with zero attached hydrogens (tertiary/aromatic N) is 3. The largest absolute Gasteiger partial charge is 1.00 e. The predicted molar refractivity (Wildman–Crippen MR) is 88.8 cm³/mol. The topological polar surface area (TPSA) is 38.8 Å². The van der Waals surface area contributed by atoms with Crippen molar-refractivity contribution in [2.24, 2.45) is 0 Å². The Morgan fingerprint density at radius 3 is 2.58 bits per heavy atom. The van der Waals surface area contributed by atoms with Crippen LogP contribution in [0, 0.1) is 0 Å². The third kappa shape index (κ3) is 4.66. The van der Waals surface area contributed by atoms with E-state index in [4.69, 9.17) is 23.2 Å². The molecule has 124 valence electrons. The van der Waals surface area contributed by atoms with Gasteiger partial charge in [0.15, 0.2) is 5.78 Å². The molecule has 0 N–H and O–H groups in total. The molecule has 0 aliphatic heterocycles. The molecule has 0 aliphatic rings. The standard InChI is InChI=1S/C17H14Cl2N3O.BrH/c18-14-6-7-15(16(19)8-14)17(23)10-21-11-20-22(12-21)9-13-4-2-1-3-5-13;/h1-8,11-12H,9-10H2;1H/q+1;/p-1. The lowest BCUT2D eigenvalue weighted by Gasteiger charge is -2.02. The van der Waals surface area contributed by atoms with Gasteiger partial charge in [-0.1, -0.05) is 53.5 Å². The second-order valence-electron chi connectivity index (χ2n) is 5.15. The van der Waals surface area contributed by atoms with Crippen LogP contribution in [0.3, 0.4) is 0 Å². The molecular weight excluding hydrogens is 413 g/mol. The highest BCUT2D eigenvalue weighted by molar-refractivity contribution is 6.36. The van der Waals surface area contributed by atoms with Crippen molar-refractivity contribution in [2.75, 3.05) is 0 Å². The summed E-state index contributed by atoms with van der Waals surface area (Å²) in [6.45, 7) is 0.833. The van der Waals surface area contributed by atoms with Gasteiger partial charge in [-0.3, -0.25) is 4.79 Å². The molecule has 0 bridgehead atoms. The second-order valence-corrected chi connectivity index (χ2v) is 5.99. The zero-order valence-corrected chi connectivity index (χ0v) is 15.7. The van der Waals surface area contributed by atoms with E-state index >= 15 is 0 Å². The Hall–Kier alpha value is -1.69. The molecule has 0 saturated heterocycles. The van der Waals surface area contributed by atoms with Crippen LogP contribution in [-0.2, 0) is 13.1 Å². The number of hydrogen-bond acceptors (Lipinski definition) is 2. The molecule has 24 heavy (non-hydrogen) atoms. The van der Waals surface area contributed by atoms with Gasteiger partial charge in [-0.25, -0.2) is 4.57 Å². The summed E-state index contributed by atoms with van der Waals surface area (Å²) in [5, 5.41) is 5.14. The smallest absolute Gasteiger partial charge is 0.265 e. The van der Waals surface area contributed by atoms with Gasteiger partial charge in [0.05, 0.1) is 5.02 Å². The van der Waals surface area contributed by atoms with Crippen LogP contribution in [0.5, 0.6) is 0 Å². The van der Waals surface area contributed by atoms with Gasteiger partial charge in [-0.2, -0.15) is 0 Å². The third-order valence-corrected chi connectivity index (χ3v) is 3.92. The van der Waals surface area contributed by atoms with Gasteiger partial charge in [0, 0.05) is 15.7 Å². The van der Waals surface area contributed by atoms with Gasteiger partial charge < -0.3 is 17.0 Å². The summed E-state index contributed by atoms with van der Waals surface area (Å²) in [6, 6.07) is 14.9. The van der Waals surface area contributed by atoms with E-state index < -0.39 is 0 Å². The molecule has 0 amide bonds. The van der Waals surface area contributed by atoms with Crippen molar-refractivity contribution in [3.05, 3.63) is 82.4 Å². The van der Waals surface area contributed by atoms with Crippen molar-refractivity contribution in [2.45, 2.75) is 13.1 Å². The minimum atomic E-state index is -0.0871. The summed E-state index contributed by atoms with van der Waals surface area (Å²) in [5.74, 6) is -0.0871. The Labute approximate surface area is 160 Å². The molecule has 1 aromatic heterocycles. The summed E-state index contributed by atoms with van der Waals surface area (Å²) in [6.07, 6.45) is 3.43. The third-order valence-electron chi connectivity index (χ3n) is 3.37. The lowest BCUT2D eigenvalue weighted by molar-refractivity contribution is -0.683. The fourth-order valence-electron chi connectivity index (χ4n) is 2.26. The molecule has 1 heterocycles. The zero-order chi connectivity index (χ0) is 16.2. The monoisotopic (exact) mass is 425 g/mol. The first-order valence-electron chi connectivity index (χ1n) is 7.05. The van der Waals surface area contributed by atoms with E-state index in [-0.39, 0.29) is 29.3 Å². The van der Waals surface area contributed by atoms with Crippen molar-refractivity contribution < 1.29 is 26.3 Å². The Morgan fingerprint density at radius 1 is 1.12 bits per heavy atom. The number of benzene rings is 2. The molecule has 0 aliphatic carbocycles. The summed E-state index contributed by atoms with van der Waals surface area (Å²) in [4.78, 5) is 12.3. The van der Waals surface area contributed by atoms with Crippen LogP contribution in [0.15, 0.2) is 61.2 Å². The highest BCUT2D eigenvalue weighted by Crippen LogP contribution is 2.21. The molecule has 0 radical (unpaired) electrons. The summed E-state index contributed by atoms with van der Waals surface area (Å²) >= 11 is 11.9. The maximum Gasteiger partial charge on any atom is 0.265 e.